The second kappa shape index (κ2) is 7.99. The van der Waals surface area contributed by atoms with Crippen LogP contribution in [0.1, 0.15) is 25.5 Å². The second-order valence-corrected chi connectivity index (χ2v) is 7.17. The summed E-state index contributed by atoms with van der Waals surface area (Å²) in [5.41, 5.74) is 1.05. The van der Waals surface area contributed by atoms with Gasteiger partial charge in [0.2, 0.25) is 5.96 Å². The second-order valence-electron chi connectivity index (χ2n) is 6.19. The predicted octanol–water partition coefficient (Wildman–Crippen LogP) is 3.34. The first kappa shape index (κ1) is 17.9. The molecule has 0 aliphatic carbocycles. The third-order valence-corrected chi connectivity index (χ3v) is 4.44. The molecule has 25 heavy (non-hydrogen) atoms. The van der Waals surface area contributed by atoms with Gasteiger partial charge in [0.25, 0.3) is 3.91 Å². The van der Waals surface area contributed by atoms with Crippen LogP contribution in [0.2, 0.25) is 0 Å². The lowest BCUT2D eigenvalue weighted by molar-refractivity contribution is 0.0667. The number of carbonyl (C=O) groups is 1. The summed E-state index contributed by atoms with van der Waals surface area (Å²) in [5.74, 6) is 1.61. The normalized spacial score (nSPS) is 21.2. The number of carbonyl (C=O) groups excluding carboxylic acids is 1. The molecule has 0 bridgehead atoms. The highest BCUT2D eigenvalue weighted by atomic mass is 127. The van der Waals surface area contributed by atoms with Gasteiger partial charge in [-0.05, 0) is 37.6 Å². The topological polar surface area (TPSA) is 66.3 Å². The Labute approximate surface area is 161 Å². The van der Waals surface area contributed by atoms with Crippen LogP contribution in [-0.2, 0) is 0 Å². The number of ether oxygens (including phenoxy) is 1. The molecule has 1 amide bonds. The highest BCUT2D eigenvalue weighted by Gasteiger charge is 2.31. The van der Waals surface area contributed by atoms with Crippen LogP contribution in [0.15, 0.2) is 46.4 Å². The summed E-state index contributed by atoms with van der Waals surface area (Å²) in [6.45, 7) is 5.57. The molecular formula is C18H21IN4O2. The molecule has 1 aromatic carbocycles. The molecular weight excluding hydrogens is 431 g/mol. The number of aliphatic imine (C=N–C) groups is 2. The Morgan fingerprint density at radius 2 is 2.08 bits per heavy atom. The van der Waals surface area contributed by atoms with Crippen LogP contribution in [-0.4, -0.2) is 46.2 Å². The molecule has 7 heteroatoms. The van der Waals surface area contributed by atoms with Crippen molar-refractivity contribution in [3.05, 3.63) is 42.0 Å². The van der Waals surface area contributed by atoms with Crippen LogP contribution in [0.25, 0.3) is 0 Å². The van der Waals surface area contributed by atoms with Gasteiger partial charge in [0.15, 0.2) is 0 Å². The Bertz CT molecular complexity index is 708. The summed E-state index contributed by atoms with van der Waals surface area (Å²) < 4.78 is 5.93. The summed E-state index contributed by atoms with van der Waals surface area (Å²) in [4.78, 5) is 22.2. The fraction of sp³-hybridized carbons (Fsp3) is 0.389. The molecule has 6 nitrogen and oxygen atoms in total. The molecule has 1 saturated heterocycles. The molecule has 0 saturated carbocycles. The zero-order valence-electron chi connectivity index (χ0n) is 14.2. The van der Waals surface area contributed by atoms with Crippen molar-refractivity contribution in [2.75, 3.05) is 13.1 Å². The Morgan fingerprint density at radius 3 is 2.76 bits per heavy atom. The summed E-state index contributed by atoms with van der Waals surface area (Å²) in [7, 11) is 0. The van der Waals surface area contributed by atoms with Crippen molar-refractivity contribution in [1.82, 2.24) is 10.2 Å². The summed E-state index contributed by atoms with van der Waals surface area (Å²) >= 11 is 1.74. The average molecular weight is 452 g/mol. The molecule has 2 aliphatic heterocycles. The van der Waals surface area contributed by atoms with Gasteiger partial charge in [-0.2, -0.15) is 0 Å². The standard InChI is InChI=1S/C18H21IN4O2/c1-12-4-3-9-20-18(21-12)23-10-16(11-23)25-15-7-5-14(6-8-15)13(2)22-17(19)24/h3-9,12-13,16H,10-11H2,1-2H3,(H,22,24). The maximum Gasteiger partial charge on any atom is 0.281 e. The molecule has 3 rings (SSSR count). The maximum atomic E-state index is 11.1. The monoisotopic (exact) mass is 452 g/mol. The Hall–Kier alpha value is -1.90. The number of amides is 1. The van der Waals surface area contributed by atoms with Crippen molar-refractivity contribution in [3.63, 3.8) is 0 Å². The minimum Gasteiger partial charge on any atom is -0.487 e. The fourth-order valence-corrected chi connectivity index (χ4v) is 3.17. The van der Waals surface area contributed by atoms with E-state index in [1.54, 1.807) is 28.8 Å². The summed E-state index contributed by atoms with van der Waals surface area (Å²) in [6, 6.07) is 7.99. The van der Waals surface area contributed by atoms with Crippen molar-refractivity contribution < 1.29 is 9.53 Å². The first-order chi connectivity index (χ1) is 12.0. The number of benzene rings is 1. The fourth-order valence-electron chi connectivity index (χ4n) is 2.70. The van der Waals surface area contributed by atoms with Crippen LogP contribution in [0, 0.1) is 0 Å². The van der Waals surface area contributed by atoms with Crippen LogP contribution >= 0.6 is 22.6 Å². The number of rotatable bonds is 4. The first-order valence-electron chi connectivity index (χ1n) is 8.27. The van der Waals surface area contributed by atoms with Crippen molar-refractivity contribution in [2.24, 2.45) is 9.98 Å². The lowest BCUT2D eigenvalue weighted by Crippen LogP contribution is -2.55. The van der Waals surface area contributed by atoms with E-state index in [9.17, 15) is 4.79 Å². The summed E-state index contributed by atoms with van der Waals surface area (Å²) in [6.07, 6.45) is 5.87. The Balaban J connectivity index is 1.51. The van der Waals surface area contributed by atoms with Gasteiger partial charge < -0.3 is 15.0 Å². The molecule has 2 atom stereocenters. The van der Waals surface area contributed by atoms with Gasteiger partial charge >= 0.3 is 0 Å². The van der Waals surface area contributed by atoms with Crippen molar-refractivity contribution >= 4 is 38.7 Å². The smallest absolute Gasteiger partial charge is 0.281 e. The van der Waals surface area contributed by atoms with E-state index in [0.29, 0.717) is 0 Å². The van der Waals surface area contributed by atoms with Crippen LogP contribution < -0.4 is 10.1 Å². The zero-order chi connectivity index (χ0) is 17.8. The molecule has 2 aliphatic rings. The Morgan fingerprint density at radius 1 is 1.36 bits per heavy atom. The van der Waals surface area contributed by atoms with E-state index >= 15 is 0 Å². The highest BCUT2D eigenvalue weighted by molar-refractivity contribution is 14.1. The van der Waals surface area contributed by atoms with Gasteiger partial charge in [0.05, 0.1) is 25.2 Å². The van der Waals surface area contributed by atoms with Gasteiger partial charge in [-0.3, -0.25) is 4.79 Å². The molecule has 1 N–H and O–H groups in total. The molecule has 1 fully saturated rings. The minimum atomic E-state index is -0.0615. The Kier molecular flexibility index (Phi) is 5.72. The molecule has 132 valence electrons. The largest absolute Gasteiger partial charge is 0.487 e. The third kappa shape index (κ3) is 4.81. The third-order valence-electron chi connectivity index (χ3n) is 4.13. The molecule has 2 heterocycles. The predicted molar refractivity (Wildman–Crippen MR) is 108 cm³/mol. The van der Waals surface area contributed by atoms with E-state index in [4.69, 9.17) is 4.74 Å². The van der Waals surface area contributed by atoms with Crippen LogP contribution in [0.3, 0.4) is 0 Å². The van der Waals surface area contributed by atoms with E-state index in [1.165, 1.54) is 0 Å². The number of halogens is 1. The zero-order valence-corrected chi connectivity index (χ0v) is 16.4. The van der Waals surface area contributed by atoms with Crippen molar-refractivity contribution in [3.8, 4) is 5.75 Å². The highest BCUT2D eigenvalue weighted by Crippen LogP contribution is 2.22. The van der Waals surface area contributed by atoms with E-state index in [2.05, 4.69) is 20.2 Å². The summed E-state index contributed by atoms with van der Waals surface area (Å²) in [5, 5.41) is 2.86. The van der Waals surface area contributed by atoms with Gasteiger partial charge in [-0.1, -0.05) is 18.2 Å². The van der Waals surface area contributed by atoms with E-state index < -0.39 is 0 Å². The number of likely N-dealkylation sites (tertiary alicyclic amines) is 1. The maximum absolute atomic E-state index is 11.1. The molecule has 0 aromatic heterocycles. The lowest BCUT2D eigenvalue weighted by atomic mass is 10.1. The minimum absolute atomic E-state index is 0.0145. The lowest BCUT2D eigenvalue weighted by Gasteiger charge is -2.39. The van der Waals surface area contributed by atoms with Gasteiger partial charge in [-0.15, -0.1) is 0 Å². The molecule has 2 unspecified atom stereocenters. The first-order valence-corrected chi connectivity index (χ1v) is 9.35. The van der Waals surface area contributed by atoms with E-state index in [-0.39, 0.29) is 22.1 Å². The van der Waals surface area contributed by atoms with Crippen LogP contribution in [0.5, 0.6) is 5.75 Å². The van der Waals surface area contributed by atoms with Crippen LogP contribution in [0.4, 0.5) is 4.79 Å². The number of guanidine groups is 1. The molecule has 1 aromatic rings. The number of nitrogens with one attached hydrogen (secondary N) is 1. The van der Waals surface area contributed by atoms with E-state index in [1.807, 2.05) is 50.3 Å². The quantitative estimate of drug-likeness (QED) is 0.433. The molecule has 0 radical (unpaired) electrons. The number of hydrogen-bond donors (Lipinski definition) is 1. The van der Waals surface area contributed by atoms with Gasteiger partial charge in [0, 0.05) is 28.8 Å². The number of allylic oxidation sites excluding steroid dienone is 1. The van der Waals surface area contributed by atoms with E-state index in [0.717, 1.165) is 30.4 Å². The number of hydrogen-bond acceptors (Lipinski definition) is 5. The van der Waals surface area contributed by atoms with Crippen molar-refractivity contribution in [2.45, 2.75) is 32.0 Å². The average Bonchev–Trinajstić information content (AvgIpc) is 2.74. The molecule has 0 spiro atoms. The number of nitrogens with zero attached hydrogens (tertiary/aromatic N) is 3. The van der Waals surface area contributed by atoms with Crippen molar-refractivity contribution in [1.29, 1.82) is 0 Å². The van der Waals surface area contributed by atoms with Gasteiger partial charge in [0.1, 0.15) is 11.9 Å². The SMILES string of the molecule is CC1C=CC=NC(N2CC(Oc3ccc(C(C)NC(=O)I)cc3)C2)=N1. The van der Waals surface area contributed by atoms with Gasteiger partial charge in [-0.25, -0.2) is 9.98 Å².